The molecular weight excluding hydrogens is 618 g/mol. The van der Waals surface area contributed by atoms with Crippen LogP contribution in [0.2, 0.25) is 0 Å². The normalized spacial score (nSPS) is 13.5. The number of halogens is 4. The zero-order valence-electron chi connectivity index (χ0n) is 26.1. The lowest BCUT2D eigenvalue weighted by Gasteiger charge is -2.36. The van der Waals surface area contributed by atoms with Crippen LogP contribution in [0.5, 0.6) is 0 Å². The number of benzene rings is 2. The van der Waals surface area contributed by atoms with Gasteiger partial charge in [-0.15, -0.1) is 0 Å². The molecule has 248 valence electrons. The number of anilines is 4. The summed E-state index contributed by atoms with van der Waals surface area (Å²) in [7, 11) is 2.14. The maximum atomic E-state index is 13.6. The minimum atomic E-state index is -5.08. The number of carboxylic acids is 1. The van der Waals surface area contributed by atoms with Crippen molar-refractivity contribution in [2.24, 2.45) is 0 Å². The van der Waals surface area contributed by atoms with Crippen LogP contribution in [0, 0.1) is 19.7 Å². The van der Waals surface area contributed by atoms with Crippen LogP contribution in [0.4, 0.5) is 40.7 Å². The van der Waals surface area contributed by atoms with Crippen molar-refractivity contribution < 1.29 is 32.3 Å². The maximum absolute atomic E-state index is 13.6. The van der Waals surface area contributed by atoms with Crippen molar-refractivity contribution in [2.45, 2.75) is 45.5 Å². The number of likely N-dealkylation sites (tertiary alicyclic amines) is 1. The summed E-state index contributed by atoms with van der Waals surface area (Å²) in [6.07, 6.45) is 0.279. The highest BCUT2D eigenvalue weighted by Crippen LogP contribution is 2.23. The van der Waals surface area contributed by atoms with Gasteiger partial charge in [0.05, 0.1) is 5.69 Å². The SMILES string of the molecule is Cc1cc(Nc2ccnc(Nc3ccc(C(=O)N4CCC(N(C)Cc5ncccc5C)CC4)cc3)n2)ccc1F.O=C(O)C(F)(F)F. The lowest BCUT2D eigenvalue weighted by Crippen LogP contribution is -2.45. The van der Waals surface area contributed by atoms with Crippen LogP contribution in [0.3, 0.4) is 0 Å². The number of nitrogens with one attached hydrogen (secondary N) is 2. The third-order valence-corrected chi connectivity index (χ3v) is 7.61. The van der Waals surface area contributed by atoms with Gasteiger partial charge in [-0.3, -0.25) is 14.7 Å². The largest absolute Gasteiger partial charge is 0.490 e. The number of aliphatic carboxylic acids is 1. The van der Waals surface area contributed by atoms with Crippen LogP contribution in [-0.4, -0.2) is 74.1 Å². The highest BCUT2D eigenvalue weighted by atomic mass is 19.4. The Morgan fingerprint density at radius 2 is 1.60 bits per heavy atom. The first-order chi connectivity index (χ1) is 22.3. The fourth-order valence-corrected chi connectivity index (χ4v) is 4.93. The summed E-state index contributed by atoms with van der Waals surface area (Å²) >= 11 is 0. The number of carbonyl (C=O) groups is 2. The lowest BCUT2D eigenvalue weighted by atomic mass is 10.0. The van der Waals surface area contributed by atoms with Gasteiger partial charge in [0.2, 0.25) is 5.95 Å². The van der Waals surface area contributed by atoms with E-state index >= 15 is 0 Å². The Hall–Kier alpha value is -5.11. The fourth-order valence-electron chi connectivity index (χ4n) is 4.93. The average Bonchev–Trinajstić information content (AvgIpc) is 3.04. The second kappa shape index (κ2) is 15.5. The predicted octanol–water partition coefficient (Wildman–Crippen LogP) is 6.48. The molecule has 0 unspecified atom stereocenters. The summed E-state index contributed by atoms with van der Waals surface area (Å²) in [4.78, 5) is 39.7. The van der Waals surface area contributed by atoms with Gasteiger partial charge in [-0.25, -0.2) is 14.2 Å². The molecule has 0 spiro atoms. The van der Waals surface area contributed by atoms with Crippen molar-refractivity contribution in [3.8, 4) is 0 Å². The molecule has 3 N–H and O–H groups in total. The van der Waals surface area contributed by atoms with E-state index in [1.807, 2.05) is 41.4 Å². The Morgan fingerprint density at radius 1 is 0.936 bits per heavy atom. The van der Waals surface area contributed by atoms with E-state index in [9.17, 15) is 22.4 Å². The number of aromatic nitrogens is 3. The van der Waals surface area contributed by atoms with E-state index in [0.29, 0.717) is 28.9 Å². The highest BCUT2D eigenvalue weighted by Gasteiger charge is 2.38. The van der Waals surface area contributed by atoms with Crippen molar-refractivity contribution in [1.29, 1.82) is 0 Å². The molecule has 1 saturated heterocycles. The number of pyridine rings is 1. The third-order valence-electron chi connectivity index (χ3n) is 7.61. The van der Waals surface area contributed by atoms with Crippen LogP contribution < -0.4 is 10.6 Å². The molecule has 0 bridgehead atoms. The number of nitrogens with zero attached hydrogens (tertiary/aromatic N) is 5. The van der Waals surface area contributed by atoms with Crippen molar-refractivity contribution >= 4 is 35.0 Å². The Bertz CT molecular complexity index is 1680. The number of amides is 1. The molecule has 3 heterocycles. The van der Waals surface area contributed by atoms with Crippen molar-refractivity contribution in [2.75, 3.05) is 30.8 Å². The first-order valence-electron chi connectivity index (χ1n) is 14.7. The molecule has 1 fully saturated rings. The first kappa shape index (κ1) is 34.8. The van der Waals surface area contributed by atoms with E-state index in [0.717, 1.165) is 49.5 Å². The molecule has 2 aromatic heterocycles. The quantitative estimate of drug-likeness (QED) is 0.183. The van der Waals surface area contributed by atoms with Gasteiger partial charge in [0.15, 0.2) is 0 Å². The van der Waals surface area contributed by atoms with Crippen molar-refractivity contribution in [1.82, 2.24) is 24.8 Å². The van der Waals surface area contributed by atoms with Gasteiger partial charge in [-0.1, -0.05) is 6.07 Å². The molecule has 10 nitrogen and oxygen atoms in total. The maximum Gasteiger partial charge on any atom is 0.490 e. The molecular formula is C33H35F4N7O3. The van der Waals surface area contributed by atoms with E-state index in [1.54, 1.807) is 31.3 Å². The van der Waals surface area contributed by atoms with E-state index < -0.39 is 12.1 Å². The first-order valence-corrected chi connectivity index (χ1v) is 14.7. The molecule has 0 atom stereocenters. The molecule has 0 saturated carbocycles. The smallest absolute Gasteiger partial charge is 0.475 e. The number of aryl methyl sites for hydroxylation is 2. The Balaban J connectivity index is 0.000000644. The summed E-state index contributed by atoms with van der Waals surface area (Å²) in [5.41, 5.74) is 5.04. The van der Waals surface area contributed by atoms with Crippen LogP contribution in [0.25, 0.3) is 0 Å². The van der Waals surface area contributed by atoms with Gasteiger partial charge >= 0.3 is 12.1 Å². The van der Waals surface area contributed by atoms with Gasteiger partial charge in [0, 0.05) is 55.0 Å². The number of carboxylic acid groups (broad SMARTS) is 1. The van der Waals surface area contributed by atoms with Gasteiger partial charge in [-0.05, 0) is 99.5 Å². The monoisotopic (exact) mass is 653 g/mol. The van der Waals surface area contributed by atoms with Gasteiger partial charge in [0.25, 0.3) is 5.91 Å². The highest BCUT2D eigenvalue weighted by molar-refractivity contribution is 5.94. The van der Waals surface area contributed by atoms with Crippen LogP contribution in [-0.2, 0) is 11.3 Å². The Kier molecular flexibility index (Phi) is 11.4. The molecule has 47 heavy (non-hydrogen) atoms. The van der Waals surface area contributed by atoms with Crippen molar-refractivity contribution in [3.63, 3.8) is 0 Å². The van der Waals surface area contributed by atoms with Crippen LogP contribution >= 0.6 is 0 Å². The summed E-state index contributed by atoms with van der Waals surface area (Å²) in [5, 5.41) is 13.5. The van der Waals surface area contributed by atoms with E-state index in [4.69, 9.17) is 9.90 Å². The summed E-state index contributed by atoms with van der Waals surface area (Å²) in [6, 6.07) is 18.4. The third kappa shape index (κ3) is 9.94. The molecule has 0 aliphatic carbocycles. The Labute approximate surface area is 269 Å². The average molecular weight is 654 g/mol. The summed E-state index contributed by atoms with van der Waals surface area (Å²) in [6.45, 7) is 6.09. The zero-order chi connectivity index (χ0) is 34.1. The second-order valence-electron chi connectivity index (χ2n) is 11.1. The molecule has 5 rings (SSSR count). The number of hydrogen-bond donors (Lipinski definition) is 3. The van der Waals surface area contributed by atoms with Gasteiger partial charge in [0.1, 0.15) is 11.6 Å². The number of alkyl halides is 3. The molecule has 14 heteroatoms. The number of hydrogen-bond acceptors (Lipinski definition) is 8. The topological polar surface area (TPSA) is 124 Å². The molecule has 4 aromatic rings. The summed E-state index contributed by atoms with van der Waals surface area (Å²) < 4.78 is 45.3. The predicted molar refractivity (Wildman–Crippen MR) is 169 cm³/mol. The number of carbonyl (C=O) groups excluding carboxylic acids is 1. The lowest BCUT2D eigenvalue weighted by molar-refractivity contribution is -0.192. The standard InChI is InChI=1S/C31H34FN7O.C2HF3O2/c1-21-5-4-15-33-28(21)20-38(3)26-13-17-39(18-14-26)30(40)23-6-8-24(9-7-23)36-31-34-16-12-29(37-31)35-25-10-11-27(32)22(2)19-25;3-2(4,5)1(6)7/h4-12,15-16,19,26H,13-14,17-18,20H2,1-3H3,(H2,34,35,36,37);(H,6,7). The number of rotatable bonds is 8. The molecule has 2 aromatic carbocycles. The van der Waals surface area contributed by atoms with Gasteiger partial charge < -0.3 is 20.6 Å². The minimum absolute atomic E-state index is 0.0465. The second-order valence-corrected chi connectivity index (χ2v) is 11.1. The van der Waals surface area contributed by atoms with E-state index in [1.165, 1.54) is 11.6 Å². The van der Waals surface area contributed by atoms with Crippen molar-refractivity contribution in [3.05, 3.63) is 101 Å². The zero-order valence-corrected chi connectivity index (χ0v) is 26.1. The minimum Gasteiger partial charge on any atom is -0.475 e. The van der Waals surface area contributed by atoms with E-state index in [2.05, 4.69) is 50.5 Å². The fraction of sp³-hybridized carbons (Fsp3) is 0.303. The van der Waals surface area contributed by atoms with Gasteiger partial charge in [-0.2, -0.15) is 18.2 Å². The van der Waals surface area contributed by atoms with Crippen LogP contribution in [0.15, 0.2) is 73.1 Å². The van der Waals surface area contributed by atoms with E-state index in [-0.39, 0.29) is 11.7 Å². The molecule has 1 amide bonds. The molecule has 1 aliphatic heterocycles. The molecule has 0 radical (unpaired) electrons. The number of piperidine rings is 1. The Morgan fingerprint density at radius 3 is 2.21 bits per heavy atom. The summed E-state index contributed by atoms with van der Waals surface area (Å²) in [5.74, 6) is -1.96. The van der Waals surface area contributed by atoms with Crippen LogP contribution in [0.1, 0.15) is 40.0 Å². The molecule has 1 aliphatic rings.